The zero-order valence-corrected chi connectivity index (χ0v) is 13.2. The lowest BCUT2D eigenvalue weighted by molar-refractivity contribution is -0.131. The van der Waals surface area contributed by atoms with E-state index in [1.165, 1.54) is 6.08 Å². The average Bonchev–Trinajstić information content (AvgIpc) is 3.24. The van der Waals surface area contributed by atoms with Crippen molar-refractivity contribution in [3.63, 3.8) is 0 Å². The molecule has 0 unspecified atom stereocenters. The molecule has 0 atom stereocenters. The van der Waals surface area contributed by atoms with Crippen molar-refractivity contribution in [2.75, 3.05) is 0 Å². The number of fused-ring (bicyclic) bond motifs is 1. The molecule has 2 heterocycles. The second-order valence-corrected chi connectivity index (χ2v) is 5.53. The number of hydrogen-bond donors (Lipinski definition) is 1. The number of benzene rings is 2. The van der Waals surface area contributed by atoms with Crippen LogP contribution in [0.3, 0.4) is 0 Å². The lowest BCUT2D eigenvalue weighted by atomic mass is 10.2. The van der Waals surface area contributed by atoms with Gasteiger partial charge in [0.1, 0.15) is 11.3 Å². The molecule has 0 fully saturated rings. The molecular formula is C20H14N2O3. The van der Waals surface area contributed by atoms with E-state index in [4.69, 9.17) is 9.52 Å². The third kappa shape index (κ3) is 2.95. The molecule has 0 amide bonds. The number of aromatic nitrogens is 2. The van der Waals surface area contributed by atoms with Gasteiger partial charge in [-0.15, -0.1) is 0 Å². The topological polar surface area (TPSA) is 68.3 Å². The van der Waals surface area contributed by atoms with Crippen molar-refractivity contribution >= 4 is 23.0 Å². The minimum absolute atomic E-state index is 0.595. The fraction of sp³-hybridized carbons (Fsp3) is 0. The third-order valence-corrected chi connectivity index (χ3v) is 3.83. The molecule has 0 bridgehead atoms. The fourth-order valence-electron chi connectivity index (χ4n) is 2.67. The molecule has 0 aliphatic carbocycles. The van der Waals surface area contributed by atoms with Crippen LogP contribution >= 0.6 is 0 Å². The first-order chi connectivity index (χ1) is 12.2. The molecule has 0 spiro atoms. The largest absolute Gasteiger partial charge is 0.478 e. The third-order valence-electron chi connectivity index (χ3n) is 3.83. The number of carbonyl (C=O) groups is 1. The summed E-state index contributed by atoms with van der Waals surface area (Å²) in [4.78, 5) is 10.9. The number of carboxylic acids is 1. The van der Waals surface area contributed by atoms with Gasteiger partial charge >= 0.3 is 5.97 Å². The highest BCUT2D eigenvalue weighted by Gasteiger charge is 2.15. The summed E-state index contributed by atoms with van der Waals surface area (Å²) in [7, 11) is 0. The summed E-state index contributed by atoms with van der Waals surface area (Å²) in [5, 5.41) is 14.5. The molecule has 2 aromatic heterocycles. The standard InChI is InChI=1S/C20H14N2O3/c23-19(24)11-10-15-13-22(16-7-2-1-3-8-16)21-20(15)18-12-14-6-4-5-9-17(14)25-18/h1-13H,(H,23,24). The van der Waals surface area contributed by atoms with Gasteiger partial charge in [-0.1, -0.05) is 36.4 Å². The van der Waals surface area contributed by atoms with Crippen molar-refractivity contribution in [2.45, 2.75) is 0 Å². The summed E-state index contributed by atoms with van der Waals surface area (Å²) in [6.45, 7) is 0. The SMILES string of the molecule is O=C(O)C=Cc1cn(-c2ccccc2)nc1-c1cc2ccccc2o1. The zero-order chi connectivity index (χ0) is 17.2. The highest BCUT2D eigenvalue weighted by Crippen LogP contribution is 2.30. The number of hydrogen-bond acceptors (Lipinski definition) is 3. The molecule has 4 rings (SSSR count). The first kappa shape index (κ1) is 15.0. The van der Waals surface area contributed by atoms with Gasteiger partial charge in [-0.05, 0) is 30.3 Å². The number of carboxylic acid groups (broad SMARTS) is 1. The maximum Gasteiger partial charge on any atom is 0.328 e. The summed E-state index contributed by atoms with van der Waals surface area (Å²) >= 11 is 0. The molecule has 5 heteroatoms. The van der Waals surface area contributed by atoms with Crippen LogP contribution in [0.15, 0.2) is 77.4 Å². The predicted octanol–water partition coefficient (Wildman–Crippen LogP) is 4.38. The number of aliphatic carboxylic acids is 1. The second kappa shape index (κ2) is 6.13. The lowest BCUT2D eigenvalue weighted by Gasteiger charge is -1.98. The Balaban J connectivity index is 1.87. The van der Waals surface area contributed by atoms with E-state index in [1.54, 1.807) is 10.9 Å². The number of nitrogens with zero attached hydrogens (tertiary/aromatic N) is 2. The molecule has 0 saturated carbocycles. The van der Waals surface area contributed by atoms with Gasteiger partial charge in [0, 0.05) is 23.2 Å². The van der Waals surface area contributed by atoms with Gasteiger partial charge in [0.05, 0.1) is 5.69 Å². The van der Waals surface area contributed by atoms with E-state index in [1.807, 2.05) is 60.7 Å². The van der Waals surface area contributed by atoms with Crippen molar-refractivity contribution in [2.24, 2.45) is 0 Å². The van der Waals surface area contributed by atoms with Crippen LogP contribution in [-0.2, 0) is 4.79 Å². The molecular weight excluding hydrogens is 316 g/mol. The molecule has 4 aromatic rings. The Kier molecular flexibility index (Phi) is 3.67. The van der Waals surface area contributed by atoms with Gasteiger partial charge in [-0.25, -0.2) is 9.48 Å². The first-order valence-electron chi connectivity index (χ1n) is 7.76. The molecule has 1 N–H and O–H groups in total. The Bertz CT molecular complexity index is 1040. The Morgan fingerprint density at radius 2 is 1.84 bits per heavy atom. The van der Waals surface area contributed by atoms with E-state index >= 15 is 0 Å². The quantitative estimate of drug-likeness (QED) is 0.564. The number of para-hydroxylation sites is 2. The Hall–Kier alpha value is -3.60. The van der Waals surface area contributed by atoms with E-state index in [0.29, 0.717) is 17.0 Å². The monoisotopic (exact) mass is 330 g/mol. The van der Waals surface area contributed by atoms with Crippen LogP contribution in [-0.4, -0.2) is 20.9 Å². The van der Waals surface area contributed by atoms with Crippen LogP contribution in [0.25, 0.3) is 34.2 Å². The predicted molar refractivity (Wildman–Crippen MR) is 95.4 cm³/mol. The highest BCUT2D eigenvalue weighted by molar-refractivity contribution is 5.88. The molecule has 2 aromatic carbocycles. The normalized spacial score (nSPS) is 11.4. The summed E-state index contributed by atoms with van der Waals surface area (Å²) in [5.74, 6) is -0.413. The van der Waals surface area contributed by atoms with E-state index < -0.39 is 5.97 Å². The molecule has 25 heavy (non-hydrogen) atoms. The molecule has 0 aliphatic rings. The van der Waals surface area contributed by atoms with Gasteiger partial charge < -0.3 is 9.52 Å². The highest BCUT2D eigenvalue weighted by atomic mass is 16.4. The summed E-state index contributed by atoms with van der Waals surface area (Å²) in [6.07, 6.45) is 4.41. The Labute approximate surface area is 143 Å². The van der Waals surface area contributed by atoms with Crippen LogP contribution in [0.2, 0.25) is 0 Å². The van der Waals surface area contributed by atoms with Crippen LogP contribution < -0.4 is 0 Å². The minimum Gasteiger partial charge on any atom is -0.478 e. The smallest absolute Gasteiger partial charge is 0.328 e. The fourth-order valence-corrected chi connectivity index (χ4v) is 2.67. The van der Waals surface area contributed by atoms with Crippen LogP contribution in [0, 0.1) is 0 Å². The van der Waals surface area contributed by atoms with Gasteiger partial charge in [0.15, 0.2) is 5.76 Å². The van der Waals surface area contributed by atoms with E-state index in [0.717, 1.165) is 22.7 Å². The number of rotatable bonds is 4. The summed E-state index contributed by atoms with van der Waals surface area (Å²) in [5.41, 5.74) is 2.91. The van der Waals surface area contributed by atoms with E-state index in [2.05, 4.69) is 5.10 Å². The maximum absolute atomic E-state index is 10.9. The van der Waals surface area contributed by atoms with Crippen molar-refractivity contribution < 1.29 is 14.3 Å². The Morgan fingerprint density at radius 3 is 2.60 bits per heavy atom. The van der Waals surface area contributed by atoms with Crippen LogP contribution in [0.5, 0.6) is 0 Å². The van der Waals surface area contributed by atoms with Gasteiger partial charge in [0.2, 0.25) is 0 Å². The van der Waals surface area contributed by atoms with E-state index in [9.17, 15) is 4.79 Å². The second-order valence-electron chi connectivity index (χ2n) is 5.53. The first-order valence-corrected chi connectivity index (χ1v) is 7.76. The lowest BCUT2D eigenvalue weighted by Crippen LogP contribution is -1.93. The van der Waals surface area contributed by atoms with Crippen molar-refractivity contribution in [1.29, 1.82) is 0 Å². The molecule has 5 nitrogen and oxygen atoms in total. The molecule has 122 valence electrons. The number of furan rings is 1. The summed E-state index contributed by atoms with van der Waals surface area (Å²) < 4.78 is 7.61. The maximum atomic E-state index is 10.9. The van der Waals surface area contributed by atoms with Crippen molar-refractivity contribution in [3.05, 3.63) is 78.5 Å². The Morgan fingerprint density at radius 1 is 1.08 bits per heavy atom. The summed E-state index contributed by atoms with van der Waals surface area (Å²) in [6, 6.07) is 19.2. The van der Waals surface area contributed by atoms with Gasteiger partial charge in [0.25, 0.3) is 0 Å². The molecule has 0 saturated heterocycles. The average molecular weight is 330 g/mol. The van der Waals surface area contributed by atoms with Gasteiger partial charge in [-0.3, -0.25) is 0 Å². The van der Waals surface area contributed by atoms with E-state index in [-0.39, 0.29) is 0 Å². The van der Waals surface area contributed by atoms with Crippen molar-refractivity contribution in [1.82, 2.24) is 9.78 Å². The van der Waals surface area contributed by atoms with Crippen LogP contribution in [0.4, 0.5) is 0 Å². The van der Waals surface area contributed by atoms with Crippen LogP contribution in [0.1, 0.15) is 5.56 Å². The molecule has 0 radical (unpaired) electrons. The van der Waals surface area contributed by atoms with Gasteiger partial charge in [-0.2, -0.15) is 5.10 Å². The minimum atomic E-state index is -1.01. The molecule has 0 aliphatic heterocycles. The zero-order valence-electron chi connectivity index (χ0n) is 13.2. The van der Waals surface area contributed by atoms with Crippen molar-refractivity contribution in [3.8, 4) is 17.1 Å².